The molecule has 2 heterocycles. The van der Waals surface area contributed by atoms with Gasteiger partial charge in [0.25, 0.3) is 11.5 Å². The van der Waals surface area contributed by atoms with E-state index in [2.05, 4.69) is 17.2 Å². The van der Waals surface area contributed by atoms with E-state index in [9.17, 15) is 14.0 Å². The number of benzene rings is 2. The maximum atomic E-state index is 13.1. The van der Waals surface area contributed by atoms with Gasteiger partial charge in [0.05, 0.1) is 12.1 Å². The van der Waals surface area contributed by atoms with E-state index in [1.54, 1.807) is 19.1 Å². The van der Waals surface area contributed by atoms with Gasteiger partial charge in [0, 0.05) is 5.69 Å². The van der Waals surface area contributed by atoms with Crippen LogP contribution >= 0.6 is 0 Å². The number of carbonyl (C=O) groups is 1. The molecule has 6 nitrogen and oxygen atoms in total. The highest BCUT2D eigenvalue weighted by Crippen LogP contribution is 2.22. The van der Waals surface area contributed by atoms with Gasteiger partial charge in [-0.25, -0.2) is 9.37 Å². The van der Waals surface area contributed by atoms with Crippen LogP contribution in [0.15, 0.2) is 64.1 Å². The molecular weight excluding hydrogens is 385 g/mol. The first-order valence-corrected chi connectivity index (χ1v) is 9.59. The molecule has 2 aromatic heterocycles. The summed E-state index contributed by atoms with van der Waals surface area (Å²) >= 11 is 0. The van der Waals surface area contributed by atoms with Crippen LogP contribution in [0, 0.1) is 12.7 Å². The number of aromatic nitrogens is 2. The number of halogens is 1. The molecule has 7 heteroatoms. The van der Waals surface area contributed by atoms with E-state index in [0.717, 1.165) is 17.5 Å². The summed E-state index contributed by atoms with van der Waals surface area (Å²) in [5.74, 6) is -0.471. The van der Waals surface area contributed by atoms with Crippen LogP contribution in [0.1, 0.15) is 34.2 Å². The van der Waals surface area contributed by atoms with Crippen LogP contribution in [0.5, 0.6) is 0 Å². The minimum atomic E-state index is -0.436. The van der Waals surface area contributed by atoms with Crippen molar-refractivity contribution in [3.05, 3.63) is 93.5 Å². The second kappa shape index (κ2) is 7.94. The summed E-state index contributed by atoms with van der Waals surface area (Å²) in [5, 5.41) is 2.94. The SMILES string of the molecule is CCc1ccc(NC(=O)c2c(C)oc3ncn(Cc4ccc(F)cc4)c(=O)c23)cc1. The van der Waals surface area contributed by atoms with Crippen LogP contribution < -0.4 is 10.9 Å². The lowest BCUT2D eigenvalue weighted by Gasteiger charge is -2.07. The molecule has 30 heavy (non-hydrogen) atoms. The van der Waals surface area contributed by atoms with E-state index in [1.807, 2.05) is 24.3 Å². The Balaban J connectivity index is 1.70. The van der Waals surface area contributed by atoms with Crippen molar-refractivity contribution in [2.24, 2.45) is 0 Å². The standard InChI is InChI=1S/C23H20FN3O3/c1-3-15-6-10-18(11-7-15)26-21(28)19-14(2)30-22-20(19)23(29)27(13-25-22)12-16-4-8-17(24)9-5-16/h4-11,13H,3,12H2,1-2H3,(H,26,28). The van der Waals surface area contributed by atoms with Crippen molar-refractivity contribution in [1.29, 1.82) is 0 Å². The number of nitrogens with zero attached hydrogens (tertiary/aromatic N) is 2. The Morgan fingerprint density at radius 1 is 1.10 bits per heavy atom. The zero-order valence-electron chi connectivity index (χ0n) is 16.6. The highest BCUT2D eigenvalue weighted by molar-refractivity contribution is 6.12. The summed E-state index contributed by atoms with van der Waals surface area (Å²) in [7, 11) is 0. The minimum absolute atomic E-state index is 0.110. The number of amides is 1. The van der Waals surface area contributed by atoms with Crippen molar-refractivity contribution in [3.63, 3.8) is 0 Å². The van der Waals surface area contributed by atoms with E-state index in [4.69, 9.17) is 4.42 Å². The molecule has 0 bridgehead atoms. The number of aryl methyl sites for hydroxylation is 2. The van der Waals surface area contributed by atoms with Gasteiger partial charge in [-0.3, -0.25) is 14.2 Å². The molecule has 0 aliphatic heterocycles. The average molecular weight is 405 g/mol. The van der Waals surface area contributed by atoms with Crippen LogP contribution in [0.25, 0.3) is 11.1 Å². The Morgan fingerprint density at radius 2 is 1.77 bits per heavy atom. The van der Waals surface area contributed by atoms with Gasteiger partial charge in [-0.15, -0.1) is 0 Å². The van der Waals surface area contributed by atoms with Crippen molar-refractivity contribution in [1.82, 2.24) is 9.55 Å². The molecule has 1 amide bonds. The molecule has 0 saturated carbocycles. The fourth-order valence-corrected chi connectivity index (χ4v) is 3.33. The lowest BCUT2D eigenvalue weighted by molar-refractivity contribution is 0.102. The molecule has 0 fully saturated rings. The molecule has 0 unspecified atom stereocenters. The van der Waals surface area contributed by atoms with Gasteiger partial charge in [-0.1, -0.05) is 31.2 Å². The van der Waals surface area contributed by atoms with Crippen molar-refractivity contribution in [3.8, 4) is 0 Å². The van der Waals surface area contributed by atoms with Crippen LogP contribution in [0.3, 0.4) is 0 Å². The van der Waals surface area contributed by atoms with Crippen LogP contribution in [-0.4, -0.2) is 15.5 Å². The minimum Gasteiger partial charge on any atom is -0.442 e. The number of furan rings is 1. The number of nitrogens with one attached hydrogen (secondary N) is 1. The molecular formula is C23H20FN3O3. The van der Waals surface area contributed by atoms with E-state index < -0.39 is 11.5 Å². The Bertz CT molecular complexity index is 1270. The van der Waals surface area contributed by atoms with Gasteiger partial charge < -0.3 is 9.73 Å². The number of hydrogen-bond acceptors (Lipinski definition) is 4. The van der Waals surface area contributed by atoms with Gasteiger partial charge in [-0.05, 0) is 48.7 Å². The van der Waals surface area contributed by atoms with Crippen molar-refractivity contribution >= 4 is 22.7 Å². The maximum Gasteiger partial charge on any atom is 0.265 e. The summed E-state index contributed by atoms with van der Waals surface area (Å²) < 4.78 is 20.1. The van der Waals surface area contributed by atoms with E-state index in [-0.39, 0.29) is 29.0 Å². The molecule has 0 aliphatic carbocycles. The fourth-order valence-electron chi connectivity index (χ4n) is 3.33. The molecule has 0 aliphatic rings. The van der Waals surface area contributed by atoms with E-state index >= 15 is 0 Å². The normalized spacial score (nSPS) is 11.0. The maximum absolute atomic E-state index is 13.1. The lowest BCUT2D eigenvalue weighted by atomic mass is 10.1. The van der Waals surface area contributed by atoms with E-state index in [0.29, 0.717) is 11.4 Å². The first-order valence-electron chi connectivity index (χ1n) is 9.59. The number of carbonyl (C=O) groups excluding carboxylic acids is 1. The number of anilines is 1. The zero-order chi connectivity index (χ0) is 21.3. The van der Waals surface area contributed by atoms with Gasteiger partial charge >= 0.3 is 0 Å². The van der Waals surface area contributed by atoms with E-state index in [1.165, 1.54) is 23.0 Å². The first-order chi connectivity index (χ1) is 14.5. The summed E-state index contributed by atoms with van der Waals surface area (Å²) in [6, 6.07) is 13.4. The molecule has 0 spiro atoms. The molecule has 0 radical (unpaired) electrons. The largest absolute Gasteiger partial charge is 0.442 e. The van der Waals surface area contributed by atoms with Gasteiger partial charge in [0.2, 0.25) is 5.71 Å². The summed E-state index contributed by atoms with van der Waals surface area (Å²) in [6.07, 6.45) is 2.26. The topological polar surface area (TPSA) is 77.1 Å². The second-order valence-electron chi connectivity index (χ2n) is 7.02. The smallest absolute Gasteiger partial charge is 0.265 e. The third kappa shape index (κ3) is 3.74. The predicted octanol–water partition coefficient (Wildman–Crippen LogP) is 4.30. The molecule has 0 atom stereocenters. The Labute approximate surface area is 172 Å². The lowest BCUT2D eigenvalue weighted by Crippen LogP contribution is -2.23. The Kier molecular flexibility index (Phi) is 5.18. The Hall–Kier alpha value is -3.74. The quantitative estimate of drug-likeness (QED) is 0.537. The van der Waals surface area contributed by atoms with Crippen LogP contribution in [0.2, 0.25) is 0 Å². The molecule has 1 N–H and O–H groups in total. The molecule has 4 rings (SSSR count). The highest BCUT2D eigenvalue weighted by Gasteiger charge is 2.23. The molecule has 152 valence electrons. The van der Waals surface area contributed by atoms with Crippen molar-refractivity contribution < 1.29 is 13.6 Å². The van der Waals surface area contributed by atoms with Crippen LogP contribution in [-0.2, 0) is 13.0 Å². The third-order valence-corrected chi connectivity index (χ3v) is 4.97. The van der Waals surface area contributed by atoms with Crippen molar-refractivity contribution in [2.45, 2.75) is 26.8 Å². The predicted molar refractivity (Wildman–Crippen MR) is 112 cm³/mol. The summed E-state index contributed by atoms with van der Waals surface area (Å²) in [6.45, 7) is 3.88. The van der Waals surface area contributed by atoms with Gasteiger partial charge in [0.15, 0.2) is 0 Å². The van der Waals surface area contributed by atoms with Gasteiger partial charge in [-0.2, -0.15) is 0 Å². The molecule has 0 saturated heterocycles. The monoisotopic (exact) mass is 405 g/mol. The second-order valence-corrected chi connectivity index (χ2v) is 7.02. The molecule has 4 aromatic rings. The fraction of sp³-hybridized carbons (Fsp3) is 0.174. The average Bonchev–Trinajstić information content (AvgIpc) is 3.09. The number of hydrogen-bond donors (Lipinski definition) is 1. The summed E-state index contributed by atoms with van der Waals surface area (Å²) in [4.78, 5) is 30.2. The summed E-state index contributed by atoms with van der Waals surface area (Å²) in [5.41, 5.74) is 2.40. The zero-order valence-corrected chi connectivity index (χ0v) is 16.6. The van der Waals surface area contributed by atoms with Gasteiger partial charge in [0.1, 0.15) is 23.3 Å². The number of rotatable bonds is 5. The first kappa shape index (κ1) is 19.6. The molecule has 2 aromatic carbocycles. The van der Waals surface area contributed by atoms with Crippen LogP contribution in [0.4, 0.5) is 10.1 Å². The number of fused-ring (bicyclic) bond motifs is 1. The Morgan fingerprint density at radius 3 is 2.43 bits per heavy atom. The third-order valence-electron chi connectivity index (χ3n) is 4.97. The van der Waals surface area contributed by atoms with Crippen molar-refractivity contribution in [2.75, 3.05) is 5.32 Å². The highest BCUT2D eigenvalue weighted by atomic mass is 19.1.